The van der Waals surface area contributed by atoms with Crippen molar-refractivity contribution in [1.29, 1.82) is 0 Å². The Bertz CT molecular complexity index is 376. The standard InChI is InChI=1S/C14H17Cl3/c15-12-4-2-1-3-10(8-12)7-11-5-6-13(16)14(17)9-11/h5-6,9-10,12H,1-4,7-8H2. The first kappa shape index (κ1) is 13.5. The van der Waals surface area contributed by atoms with E-state index in [4.69, 9.17) is 34.8 Å². The Kier molecular flexibility index (Phi) is 5.02. The highest BCUT2D eigenvalue weighted by Gasteiger charge is 2.19. The molecule has 1 aliphatic rings. The van der Waals surface area contributed by atoms with Gasteiger partial charge in [-0.25, -0.2) is 0 Å². The van der Waals surface area contributed by atoms with Gasteiger partial charge in [-0.05, 0) is 42.9 Å². The van der Waals surface area contributed by atoms with Crippen LogP contribution in [0.25, 0.3) is 0 Å². The predicted molar refractivity (Wildman–Crippen MR) is 76.4 cm³/mol. The molecule has 1 fully saturated rings. The van der Waals surface area contributed by atoms with Gasteiger partial charge in [-0.3, -0.25) is 0 Å². The van der Waals surface area contributed by atoms with Gasteiger partial charge in [0, 0.05) is 5.38 Å². The zero-order chi connectivity index (χ0) is 12.3. The van der Waals surface area contributed by atoms with Gasteiger partial charge in [0.05, 0.1) is 10.0 Å². The van der Waals surface area contributed by atoms with Gasteiger partial charge in [-0.2, -0.15) is 0 Å². The van der Waals surface area contributed by atoms with Gasteiger partial charge in [0.2, 0.25) is 0 Å². The first-order valence-corrected chi connectivity index (χ1v) is 7.42. The average molecular weight is 292 g/mol. The van der Waals surface area contributed by atoms with Crippen LogP contribution in [0, 0.1) is 5.92 Å². The Morgan fingerprint density at radius 3 is 2.59 bits per heavy atom. The van der Waals surface area contributed by atoms with Crippen molar-refractivity contribution in [1.82, 2.24) is 0 Å². The van der Waals surface area contributed by atoms with E-state index in [1.165, 1.54) is 31.2 Å². The normalized spacial score (nSPS) is 25.6. The molecule has 0 heterocycles. The summed E-state index contributed by atoms with van der Waals surface area (Å²) < 4.78 is 0. The summed E-state index contributed by atoms with van der Waals surface area (Å²) in [6.45, 7) is 0. The quantitative estimate of drug-likeness (QED) is 0.482. The van der Waals surface area contributed by atoms with Gasteiger partial charge < -0.3 is 0 Å². The van der Waals surface area contributed by atoms with Gasteiger partial charge >= 0.3 is 0 Å². The Hall–Kier alpha value is 0.0900. The van der Waals surface area contributed by atoms with Crippen LogP contribution in [0.2, 0.25) is 10.0 Å². The molecule has 2 rings (SSSR count). The van der Waals surface area contributed by atoms with Crippen molar-refractivity contribution < 1.29 is 0 Å². The smallest absolute Gasteiger partial charge is 0.0595 e. The van der Waals surface area contributed by atoms with E-state index >= 15 is 0 Å². The van der Waals surface area contributed by atoms with Crippen molar-refractivity contribution in [3.05, 3.63) is 33.8 Å². The lowest BCUT2D eigenvalue weighted by atomic mass is 9.92. The van der Waals surface area contributed by atoms with Crippen LogP contribution >= 0.6 is 34.8 Å². The molecule has 1 saturated carbocycles. The van der Waals surface area contributed by atoms with E-state index in [-0.39, 0.29) is 0 Å². The van der Waals surface area contributed by atoms with Crippen molar-refractivity contribution in [2.24, 2.45) is 5.92 Å². The fourth-order valence-electron chi connectivity index (χ4n) is 2.58. The summed E-state index contributed by atoms with van der Waals surface area (Å²) in [5.74, 6) is 0.692. The number of hydrogen-bond donors (Lipinski definition) is 0. The van der Waals surface area contributed by atoms with Crippen LogP contribution in [-0.4, -0.2) is 5.38 Å². The van der Waals surface area contributed by atoms with Crippen LogP contribution in [-0.2, 0) is 6.42 Å². The first-order valence-electron chi connectivity index (χ1n) is 6.23. The second kappa shape index (κ2) is 6.31. The van der Waals surface area contributed by atoms with Crippen LogP contribution in [0.15, 0.2) is 18.2 Å². The molecule has 0 N–H and O–H groups in total. The largest absolute Gasteiger partial charge is 0.123 e. The summed E-state index contributed by atoms with van der Waals surface area (Å²) in [6.07, 6.45) is 7.21. The number of hydrogen-bond acceptors (Lipinski definition) is 0. The number of rotatable bonds is 2. The first-order chi connectivity index (χ1) is 8.15. The molecule has 1 aliphatic carbocycles. The van der Waals surface area contributed by atoms with Gasteiger partial charge in [-0.1, -0.05) is 48.5 Å². The lowest BCUT2D eigenvalue weighted by molar-refractivity contribution is 0.460. The molecule has 0 radical (unpaired) electrons. The molecule has 3 heteroatoms. The lowest BCUT2D eigenvalue weighted by Gasteiger charge is -2.16. The molecule has 0 saturated heterocycles. The fourth-order valence-corrected chi connectivity index (χ4v) is 3.31. The maximum absolute atomic E-state index is 6.29. The summed E-state index contributed by atoms with van der Waals surface area (Å²) >= 11 is 18.2. The van der Waals surface area contributed by atoms with E-state index in [0.29, 0.717) is 21.3 Å². The molecule has 0 aliphatic heterocycles. The SMILES string of the molecule is Clc1ccc(CC2CCCCC(Cl)C2)cc1Cl. The van der Waals surface area contributed by atoms with Crippen LogP contribution < -0.4 is 0 Å². The fraction of sp³-hybridized carbons (Fsp3) is 0.571. The summed E-state index contributed by atoms with van der Waals surface area (Å²) in [6, 6.07) is 5.94. The topological polar surface area (TPSA) is 0 Å². The molecule has 0 bridgehead atoms. The van der Waals surface area contributed by atoms with Crippen LogP contribution in [0.4, 0.5) is 0 Å². The molecule has 1 aromatic rings. The molecule has 1 aromatic carbocycles. The molecule has 0 spiro atoms. The van der Waals surface area contributed by atoms with Gasteiger partial charge in [0.1, 0.15) is 0 Å². The molecule has 0 nitrogen and oxygen atoms in total. The Morgan fingerprint density at radius 1 is 1.06 bits per heavy atom. The van der Waals surface area contributed by atoms with Gasteiger partial charge in [0.25, 0.3) is 0 Å². The monoisotopic (exact) mass is 290 g/mol. The minimum absolute atomic E-state index is 0.352. The van der Waals surface area contributed by atoms with Gasteiger partial charge in [-0.15, -0.1) is 11.6 Å². The zero-order valence-corrected chi connectivity index (χ0v) is 12.0. The highest BCUT2D eigenvalue weighted by Crippen LogP contribution is 2.30. The van der Waals surface area contributed by atoms with E-state index < -0.39 is 0 Å². The highest BCUT2D eigenvalue weighted by molar-refractivity contribution is 6.42. The molecule has 2 atom stereocenters. The third kappa shape index (κ3) is 4.05. The second-order valence-electron chi connectivity index (χ2n) is 4.94. The summed E-state index contributed by atoms with van der Waals surface area (Å²) in [5.41, 5.74) is 1.27. The summed E-state index contributed by atoms with van der Waals surface area (Å²) in [4.78, 5) is 0. The van der Waals surface area contributed by atoms with E-state index in [1.807, 2.05) is 12.1 Å². The second-order valence-corrected chi connectivity index (χ2v) is 6.37. The molecule has 17 heavy (non-hydrogen) atoms. The number of halogens is 3. The third-order valence-corrected chi connectivity index (χ3v) is 4.61. The van der Waals surface area contributed by atoms with Crippen molar-refractivity contribution in [3.63, 3.8) is 0 Å². The third-order valence-electron chi connectivity index (χ3n) is 3.48. The lowest BCUT2D eigenvalue weighted by Crippen LogP contribution is -2.08. The Morgan fingerprint density at radius 2 is 1.82 bits per heavy atom. The summed E-state index contributed by atoms with van der Waals surface area (Å²) in [7, 11) is 0. The van der Waals surface area contributed by atoms with Crippen molar-refractivity contribution >= 4 is 34.8 Å². The zero-order valence-electron chi connectivity index (χ0n) is 9.76. The molecule has 2 unspecified atom stereocenters. The Labute approximate surface area is 118 Å². The van der Waals surface area contributed by atoms with Gasteiger partial charge in [0.15, 0.2) is 0 Å². The molecule has 0 amide bonds. The van der Waals surface area contributed by atoms with E-state index in [2.05, 4.69) is 6.07 Å². The van der Waals surface area contributed by atoms with Crippen molar-refractivity contribution in [2.75, 3.05) is 0 Å². The maximum Gasteiger partial charge on any atom is 0.0595 e. The molecule has 94 valence electrons. The predicted octanol–water partition coefficient (Wildman–Crippen LogP) is 5.72. The van der Waals surface area contributed by atoms with E-state index in [0.717, 1.165) is 12.8 Å². The molecule has 0 aromatic heterocycles. The van der Waals surface area contributed by atoms with Crippen LogP contribution in [0.3, 0.4) is 0 Å². The van der Waals surface area contributed by atoms with Crippen molar-refractivity contribution in [2.45, 2.75) is 43.9 Å². The average Bonchev–Trinajstić information content (AvgIpc) is 2.48. The van der Waals surface area contributed by atoms with Crippen molar-refractivity contribution in [3.8, 4) is 0 Å². The molecular weight excluding hydrogens is 275 g/mol. The molecular formula is C14H17Cl3. The van der Waals surface area contributed by atoms with E-state index in [9.17, 15) is 0 Å². The van der Waals surface area contributed by atoms with Crippen LogP contribution in [0.1, 0.15) is 37.7 Å². The van der Waals surface area contributed by atoms with E-state index in [1.54, 1.807) is 0 Å². The maximum atomic E-state index is 6.29. The minimum Gasteiger partial charge on any atom is -0.123 e. The number of alkyl halides is 1. The minimum atomic E-state index is 0.352. The van der Waals surface area contributed by atoms with Crippen LogP contribution in [0.5, 0.6) is 0 Å². The number of benzene rings is 1. The Balaban J connectivity index is 2.01. The highest BCUT2D eigenvalue weighted by atomic mass is 35.5. The summed E-state index contributed by atoms with van der Waals surface area (Å²) in [5, 5.41) is 1.64.